The molecule has 4 N–H and O–H groups in total. The van der Waals surface area contributed by atoms with Gasteiger partial charge < -0.3 is 11.1 Å². The maximum Gasteiger partial charge on any atom is 0.251 e. The van der Waals surface area contributed by atoms with E-state index in [0.717, 1.165) is 12.8 Å². The quantitative estimate of drug-likeness (QED) is 0.670. The number of rotatable bonds is 8. The third-order valence-electron chi connectivity index (χ3n) is 3.60. The number of nitrogens with one attached hydrogen (secondary N) is 2. The van der Waals surface area contributed by atoms with Crippen LogP contribution in [0.15, 0.2) is 24.3 Å². The van der Waals surface area contributed by atoms with Crippen LogP contribution in [0, 0.1) is 5.92 Å². The molecule has 7 heteroatoms. The molecule has 1 aromatic rings. The molecule has 0 aliphatic heterocycles. The summed E-state index contributed by atoms with van der Waals surface area (Å²) >= 11 is 0. The number of amides is 1. The van der Waals surface area contributed by atoms with Crippen LogP contribution >= 0.6 is 0 Å². The van der Waals surface area contributed by atoms with Gasteiger partial charge in [0.15, 0.2) is 0 Å². The average molecular weight is 325 g/mol. The Labute approximate surface area is 131 Å². The van der Waals surface area contributed by atoms with E-state index in [4.69, 9.17) is 5.73 Å². The van der Waals surface area contributed by atoms with Gasteiger partial charge in [-0.2, -0.15) is 0 Å². The highest BCUT2D eigenvalue weighted by atomic mass is 32.2. The van der Waals surface area contributed by atoms with Crippen LogP contribution in [0.1, 0.15) is 36.5 Å². The number of hydrogen-bond acceptors (Lipinski definition) is 4. The van der Waals surface area contributed by atoms with Gasteiger partial charge in [-0.05, 0) is 43.4 Å². The largest absolute Gasteiger partial charge is 0.350 e. The van der Waals surface area contributed by atoms with Crippen molar-refractivity contribution in [2.45, 2.75) is 32.2 Å². The summed E-state index contributed by atoms with van der Waals surface area (Å²) in [4.78, 5) is 12.1. The Morgan fingerprint density at radius 1 is 1.41 bits per heavy atom. The summed E-state index contributed by atoms with van der Waals surface area (Å²) in [5.74, 6) is 0.333. The number of carbonyl (C=O) groups excluding carboxylic acids is 1. The van der Waals surface area contributed by atoms with Crippen molar-refractivity contribution in [1.29, 1.82) is 0 Å². The Bertz CT molecular complexity index is 627. The highest BCUT2D eigenvalue weighted by Gasteiger charge is 2.28. The highest BCUT2D eigenvalue weighted by Crippen LogP contribution is 2.31. The van der Waals surface area contributed by atoms with E-state index in [1.165, 1.54) is 6.07 Å². The van der Waals surface area contributed by atoms with Crippen LogP contribution < -0.4 is 15.8 Å². The molecular weight excluding hydrogens is 302 g/mol. The lowest BCUT2D eigenvalue weighted by Gasteiger charge is -2.12. The van der Waals surface area contributed by atoms with E-state index in [-0.39, 0.29) is 17.7 Å². The third kappa shape index (κ3) is 4.99. The normalized spacial score (nSPS) is 16.1. The van der Waals surface area contributed by atoms with Crippen LogP contribution in [0.4, 0.5) is 5.69 Å². The van der Waals surface area contributed by atoms with Gasteiger partial charge in [0.1, 0.15) is 0 Å². The van der Waals surface area contributed by atoms with Gasteiger partial charge in [0.25, 0.3) is 5.91 Å². The summed E-state index contributed by atoms with van der Waals surface area (Å²) in [5.41, 5.74) is 6.76. The summed E-state index contributed by atoms with van der Waals surface area (Å²) in [6, 6.07) is 6.45. The Morgan fingerprint density at radius 3 is 2.77 bits per heavy atom. The molecule has 2 rings (SSSR count). The summed E-state index contributed by atoms with van der Waals surface area (Å²) in [6.45, 7) is 2.24. The van der Waals surface area contributed by atoms with E-state index in [9.17, 15) is 13.2 Å². The summed E-state index contributed by atoms with van der Waals surface area (Å²) in [7, 11) is -3.36. The topological polar surface area (TPSA) is 101 Å². The minimum Gasteiger partial charge on any atom is -0.350 e. The molecule has 22 heavy (non-hydrogen) atoms. The minimum absolute atomic E-state index is 0.00445. The molecule has 1 saturated carbocycles. The van der Waals surface area contributed by atoms with Gasteiger partial charge >= 0.3 is 0 Å². The predicted octanol–water partition coefficient (Wildman–Crippen LogP) is 1.31. The smallest absolute Gasteiger partial charge is 0.251 e. The van der Waals surface area contributed by atoms with Crippen molar-refractivity contribution in [3.05, 3.63) is 29.8 Å². The maximum absolute atomic E-state index is 12.1. The van der Waals surface area contributed by atoms with Gasteiger partial charge in [0.05, 0.1) is 5.75 Å². The summed E-state index contributed by atoms with van der Waals surface area (Å²) in [6.07, 6.45) is 2.80. The Kier molecular flexibility index (Phi) is 5.42. The molecule has 0 heterocycles. The zero-order valence-electron chi connectivity index (χ0n) is 12.7. The molecule has 1 aromatic carbocycles. The maximum atomic E-state index is 12.1. The molecule has 0 radical (unpaired) electrons. The van der Waals surface area contributed by atoms with Gasteiger partial charge in [-0.25, -0.2) is 8.42 Å². The van der Waals surface area contributed by atoms with Gasteiger partial charge in [-0.1, -0.05) is 13.0 Å². The van der Waals surface area contributed by atoms with E-state index in [2.05, 4.69) is 10.0 Å². The van der Waals surface area contributed by atoms with Crippen LogP contribution in [-0.4, -0.2) is 32.7 Å². The first kappa shape index (κ1) is 16.8. The van der Waals surface area contributed by atoms with Gasteiger partial charge in [-0.15, -0.1) is 0 Å². The van der Waals surface area contributed by atoms with Crippen LogP contribution in [0.3, 0.4) is 0 Å². The molecule has 1 amide bonds. The zero-order valence-corrected chi connectivity index (χ0v) is 13.5. The average Bonchev–Trinajstić information content (AvgIpc) is 3.28. The Morgan fingerprint density at radius 2 is 2.14 bits per heavy atom. The SMILES string of the molecule is CCCS(=O)(=O)Nc1cccc(C(=O)NCC(N)C2CC2)c1. The lowest BCUT2D eigenvalue weighted by molar-refractivity contribution is 0.0950. The van der Waals surface area contributed by atoms with Crippen molar-refractivity contribution in [3.8, 4) is 0 Å². The van der Waals surface area contributed by atoms with Gasteiger partial charge in [0.2, 0.25) is 10.0 Å². The van der Waals surface area contributed by atoms with Crippen LogP contribution in [-0.2, 0) is 10.0 Å². The fourth-order valence-electron chi connectivity index (χ4n) is 2.23. The fraction of sp³-hybridized carbons (Fsp3) is 0.533. The molecule has 1 fully saturated rings. The van der Waals surface area contributed by atoms with Crippen LogP contribution in [0.5, 0.6) is 0 Å². The molecule has 1 unspecified atom stereocenters. The lowest BCUT2D eigenvalue weighted by Crippen LogP contribution is -2.38. The van der Waals surface area contributed by atoms with E-state index >= 15 is 0 Å². The standard InChI is InChI=1S/C15H23N3O3S/c1-2-8-22(20,21)18-13-5-3-4-12(9-13)15(19)17-10-14(16)11-6-7-11/h3-5,9,11,14,18H,2,6-8,10,16H2,1H3,(H,17,19). The number of nitrogens with two attached hydrogens (primary N) is 1. The first-order valence-electron chi connectivity index (χ1n) is 7.55. The molecule has 122 valence electrons. The van der Waals surface area contributed by atoms with Gasteiger partial charge in [0, 0.05) is 23.8 Å². The van der Waals surface area contributed by atoms with Crippen molar-refractivity contribution in [3.63, 3.8) is 0 Å². The minimum atomic E-state index is -3.36. The second kappa shape index (κ2) is 7.11. The van der Waals surface area contributed by atoms with E-state index in [1.54, 1.807) is 25.1 Å². The fourth-order valence-corrected chi connectivity index (χ4v) is 3.35. The predicted molar refractivity (Wildman–Crippen MR) is 87.2 cm³/mol. The third-order valence-corrected chi connectivity index (χ3v) is 5.09. The van der Waals surface area contributed by atoms with Crippen LogP contribution in [0.25, 0.3) is 0 Å². The number of carbonyl (C=O) groups is 1. The van der Waals surface area contributed by atoms with E-state index < -0.39 is 10.0 Å². The lowest BCUT2D eigenvalue weighted by atomic mass is 10.1. The summed E-state index contributed by atoms with van der Waals surface area (Å²) < 4.78 is 26.0. The second-order valence-corrected chi connectivity index (χ2v) is 7.55. The molecule has 0 bridgehead atoms. The number of sulfonamides is 1. The van der Waals surface area contributed by atoms with Crippen molar-refractivity contribution < 1.29 is 13.2 Å². The van der Waals surface area contributed by atoms with Crippen molar-refractivity contribution >= 4 is 21.6 Å². The molecule has 0 spiro atoms. The van der Waals surface area contributed by atoms with Crippen LogP contribution in [0.2, 0.25) is 0 Å². The molecule has 0 aromatic heterocycles. The first-order chi connectivity index (χ1) is 10.4. The monoisotopic (exact) mass is 325 g/mol. The van der Waals surface area contributed by atoms with E-state index in [1.807, 2.05) is 0 Å². The number of benzene rings is 1. The Balaban J connectivity index is 1.96. The number of anilines is 1. The number of hydrogen-bond donors (Lipinski definition) is 3. The molecule has 0 saturated heterocycles. The molecule has 1 aliphatic carbocycles. The van der Waals surface area contributed by atoms with Crippen molar-refractivity contribution in [2.24, 2.45) is 11.7 Å². The molecule has 1 aliphatic rings. The van der Waals surface area contributed by atoms with Gasteiger partial charge in [-0.3, -0.25) is 9.52 Å². The van der Waals surface area contributed by atoms with E-state index in [0.29, 0.717) is 30.1 Å². The van der Waals surface area contributed by atoms with Crippen molar-refractivity contribution in [1.82, 2.24) is 5.32 Å². The molecule has 6 nitrogen and oxygen atoms in total. The van der Waals surface area contributed by atoms with Crippen molar-refractivity contribution in [2.75, 3.05) is 17.0 Å². The second-order valence-electron chi connectivity index (χ2n) is 5.71. The summed E-state index contributed by atoms with van der Waals surface area (Å²) in [5, 5.41) is 2.79. The molecular formula is C15H23N3O3S. The zero-order chi connectivity index (χ0) is 16.2. The highest BCUT2D eigenvalue weighted by molar-refractivity contribution is 7.92. The Hall–Kier alpha value is -1.60. The first-order valence-corrected chi connectivity index (χ1v) is 9.21. The molecule has 1 atom stereocenters.